The van der Waals surface area contributed by atoms with Crippen LogP contribution in [0, 0.1) is 24.7 Å². The zero-order chi connectivity index (χ0) is 17.9. The van der Waals surface area contributed by atoms with Crippen molar-refractivity contribution in [1.82, 2.24) is 4.98 Å². The average molecular weight is 329 g/mol. The van der Waals surface area contributed by atoms with Gasteiger partial charge in [-0.1, -0.05) is 60.4 Å². The van der Waals surface area contributed by atoms with Gasteiger partial charge in [0.05, 0.1) is 11.2 Å². The van der Waals surface area contributed by atoms with Crippen LogP contribution < -0.4 is 0 Å². The van der Waals surface area contributed by atoms with E-state index in [0.717, 1.165) is 44.4 Å². The number of aromatic nitrogens is 1. The maximum Gasteiger partial charge on any atom is 0.0728 e. The molecule has 1 heteroatoms. The van der Waals surface area contributed by atoms with Crippen LogP contribution in [0.3, 0.4) is 0 Å². The molecule has 0 saturated carbocycles. The fraction of sp³-hybridized carbons (Fsp3) is 0. The van der Waals surface area contributed by atoms with Crippen LogP contribution in [0.4, 0.5) is 0 Å². The highest BCUT2D eigenvalue weighted by molar-refractivity contribution is 5.97. The van der Waals surface area contributed by atoms with Crippen LogP contribution in [-0.4, -0.2) is 4.98 Å². The van der Waals surface area contributed by atoms with E-state index in [0.29, 0.717) is 0 Å². The Morgan fingerprint density at radius 2 is 1.46 bits per heavy atom. The summed E-state index contributed by atoms with van der Waals surface area (Å²) in [4.78, 5) is 4.85. The van der Waals surface area contributed by atoms with Crippen molar-refractivity contribution in [2.45, 2.75) is 0 Å². The summed E-state index contributed by atoms with van der Waals surface area (Å²) >= 11 is 0. The lowest BCUT2D eigenvalue weighted by atomic mass is 9.96. The maximum absolute atomic E-state index is 5.69. The zero-order valence-electron chi connectivity index (χ0n) is 14.1. The third-order valence-corrected chi connectivity index (χ3v) is 4.42. The van der Waals surface area contributed by atoms with Crippen molar-refractivity contribution >= 4 is 10.9 Å². The van der Waals surface area contributed by atoms with Crippen molar-refractivity contribution in [3.05, 3.63) is 90.0 Å². The second kappa shape index (κ2) is 6.60. The molecule has 0 fully saturated rings. The van der Waals surface area contributed by atoms with Crippen LogP contribution in [0.25, 0.3) is 33.3 Å². The molecule has 1 aromatic heterocycles. The van der Waals surface area contributed by atoms with Crippen molar-refractivity contribution < 1.29 is 0 Å². The number of fused-ring (bicyclic) bond motifs is 1. The second-order valence-electron chi connectivity index (χ2n) is 5.99. The van der Waals surface area contributed by atoms with E-state index in [-0.39, 0.29) is 0 Å². The van der Waals surface area contributed by atoms with Crippen molar-refractivity contribution in [1.29, 1.82) is 0 Å². The van der Waals surface area contributed by atoms with Gasteiger partial charge in [-0.15, -0.1) is 12.8 Å². The molecule has 0 amide bonds. The SMILES string of the molecule is C#Cc1ccc2nc(-c3ccccc3C#C)cc(-c3ccccc3)c2c1. The number of hydrogen-bond donors (Lipinski definition) is 0. The number of pyridine rings is 1. The summed E-state index contributed by atoms with van der Waals surface area (Å²) in [5.74, 6) is 5.46. The molecular weight excluding hydrogens is 314 g/mol. The molecule has 4 rings (SSSR count). The Morgan fingerprint density at radius 3 is 2.23 bits per heavy atom. The van der Waals surface area contributed by atoms with Gasteiger partial charge in [-0.25, -0.2) is 4.98 Å². The molecule has 120 valence electrons. The van der Waals surface area contributed by atoms with Gasteiger partial charge in [-0.2, -0.15) is 0 Å². The monoisotopic (exact) mass is 329 g/mol. The summed E-state index contributed by atoms with van der Waals surface area (Å²) < 4.78 is 0. The molecular formula is C25H15N. The molecule has 0 aliphatic heterocycles. The Kier molecular flexibility index (Phi) is 3.98. The van der Waals surface area contributed by atoms with E-state index in [9.17, 15) is 0 Å². The Hall–Kier alpha value is -3.81. The fourth-order valence-electron chi connectivity index (χ4n) is 3.14. The summed E-state index contributed by atoms with van der Waals surface area (Å²) in [6.45, 7) is 0. The molecule has 4 aromatic rings. The van der Waals surface area contributed by atoms with E-state index in [1.54, 1.807) is 0 Å². The highest BCUT2D eigenvalue weighted by atomic mass is 14.7. The van der Waals surface area contributed by atoms with Crippen LogP contribution in [-0.2, 0) is 0 Å². The van der Waals surface area contributed by atoms with Crippen molar-refractivity contribution in [3.63, 3.8) is 0 Å². The predicted octanol–water partition coefficient (Wildman–Crippen LogP) is 5.53. The molecule has 1 nitrogen and oxygen atoms in total. The maximum atomic E-state index is 5.69. The zero-order valence-corrected chi connectivity index (χ0v) is 14.1. The molecule has 0 N–H and O–H groups in total. The van der Waals surface area contributed by atoms with Crippen molar-refractivity contribution in [2.75, 3.05) is 0 Å². The Bertz CT molecular complexity index is 1190. The van der Waals surface area contributed by atoms with Gasteiger partial charge in [0.2, 0.25) is 0 Å². The largest absolute Gasteiger partial charge is 0.248 e. The smallest absolute Gasteiger partial charge is 0.0728 e. The van der Waals surface area contributed by atoms with Crippen molar-refractivity contribution in [3.8, 4) is 47.1 Å². The number of hydrogen-bond acceptors (Lipinski definition) is 1. The fourth-order valence-corrected chi connectivity index (χ4v) is 3.14. The molecule has 0 atom stereocenters. The van der Waals surface area contributed by atoms with E-state index in [4.69, 9.17) is 17.8 Å². The van der Waals surface area contributed by atoms with E-state index in [1.807, 2.05) is 60.7 Å². The summed E-state index contributed by atoms with van der Waals surface area (Å²) in [5, 5.41) is 1.04. The van der Waals surface area contributed by atoms with Gasteiger partial charge < -0.3 is 0 Å². The highest BCUT2D eigenvalue weighted by Crippen LogP contribution is 2.33. The van der Waals surface area contributed by atoms with E-state index in [1.165, 1.54) is 0 Å². The molecule has 0 bridgehead atoms. The average Bonchev–Trinajstić information content (AvgIpc) is 2.73. The first-order chi connectivity index (χ1) is 12.8. The third kappa shape index (κ3) is 2.73. The molecule has 0 aliphatic carbocycles. The third-order valence-electron chi connectivity index (χ3n) is 4.42. The molecule has 0 aliphatic rings. The topological polar surface area (TPSA) is 12.9 Å². The Balaban J connectivity index is 2.06. The van der Waals surface area contributed by atoms with E-state index < -0.39 is 0 Å². The van der Waals surface area contributed by atoms with Crippen LogP contribution >= 0.6 is 0 Å². The van der Waals surface area contributed by atoms with Gasteiger partial charge in [-0.05, 0) is 41.5 Å². The molecule has 0 unspecified atom stereocenters. The van der Waals surface area contributed by atoms with E-state index >= 15 is 0 Å². The Morgan fingerprint density at radius 1 is 0.692 bits per heavy atom. The van der Waals surface area contributed by atoms with Gasteiger partial charge in [-0.3, -0.25) is 0 Å². The van der Waals surface area contributed by atoms with E-state index in [2.05, 4.69) is 30.0 Å². The van der Waals surface area contributed by atoms with Gasteiger partial charge in [0.25, 0.3) is 0 Å². The molecule has 1 heterocycles. The molecule has 0 saturated heterocycles. The van der Waals surface area contributed by atoms with Gasteiger partial charge in [0, 0.05) is 22.1 Å². The minimum absolute atomic E-state index is 0.832. The summed E-state index contributed by atoms with van der Waals surface area (Å²) in [7, 11) is 0. The van der Waals surface area contributed by atoms with Crippen LogP contribution in [0.5, 0.6) is 0 Å². The van der Waals surface area contributed by atoms with Gasteiger partial charge in [0.15, 0.2) is 0 Å². The molecule has 26 heavy (non-hydrogen) atoms. The molecule has 3 aromatic carbocycles. The summed E-state index contributed by atoms with van der Waals surface area (Å²) in [6, 6.07) is 26.1. The second-order valence-corrected chi connectivity index (χ2v) is 5.99. The Labute approximate surface area is 153 Å². The highest BCUT2D eigenvalue weighted by Gasteiger charge is 2.11. The number of benzene rings is 3. The first kappa shape index (κ1) is 15.7. The first-order valence-electron chi connectivity index (χ1n) is 8.33. The van der Waals surface area contributed by atoms with Gasteiger partial charge >= 0.3 is 0 Å². The lowest BCUT2D eigenvalue weighted by molar-refractivity contribution is 1.39. The number of rotatable bonds is 2. The number of terminal acetylenes is 2. The number of nitrogens with zero attached hydrogens (tertiary/aromatic N) is 1. The van der Waals surface area contributed by atoms with Crippen LogP contribution in [0.1, 0.15) is 11.1 Å². The molecule has 0 radical (unpaired) electrons. The lowest BCUT2D eigenvalue weighted by Crippen LogP contribution is -1.92. The first-order valence-corrected chi connectivity index (χ1v) is 8.33. The summed E-state index contributed by atoms with van der Waals surface area (Å²) in [5.41, 5.74) is 6.59. The van der Waals surface area contributed by atoms with Crippen molar-refractivity contribution in [2.24, 2.45) is 0 Å². The molecule has 0 spiro atoms. The lowest BCUT2D eigenvalue weighted by Gasteiger charge is -2.12. The normalized spacial score (nSPS) is 10.2. The summed E-state index contributed by atoms with van der Waals surface area (Å²) in [6.07, 6.45) is 11.3. The quantitative estimate of drug-likeness (QED) is 0.441. The van der Waals surface area contributed by atoms with Gasteiger partial charge in [0.1, 0.15) is 0 Å². The standard InChI is InChI=1S/C25H15N/c1-3-18-14-15-24-23(16-18)22(20-11-6-5-7-12-20)17-25(26-24)21-13-9-8-10-19(21)4-2/h1-2,5-17H. The minimum Gasteiger partial charge on any atom is -0.248 e. The van der Waals surface area contributed by atoms with Crippen LogP contribution in [0.2, 0.25) is 0 Å². The van der Waals surface area contributed by atoms with Crippen LogP contribution in [0.15, 0.2) is 78.9 Å². The minimum atomic E-state index is 0.832. The predicted molar refractivity (Wildman–Crippen MR) is 108 cm³/mol.